The maximum atomic E-state index is 13.2. The number of benzene rings is 2. The highest BCUT2D eigenvalue weighted by Gasteiger charge is 2.30. The first-order valence-corrected chi connectivity index (χ1v) is 7.94. The zero-order chi connectivity index (χ0) is 18.0. The fourth-order valence-electron chi connectivity index (χ4n) is 2.18. The smallest absolute Gasteiger partial charge is 0.334 e. The van der Waals surface area contributed by atoms with E-state index in [-0.39, 0.29) is 0 Å². The van der Waals surface area contributed by atoms with Crippen LogP contribution in [0.2, 0.25) is 0 Å². The second kappa shape index (κ2) is 7.01. The molecule has 1 heterocycles. The molecular formula is C16H12F5N3S. The average molecular weight is 373 g/mol. The lowest BCUT2D eigenvalue weighted by atomic mass is 10.2. The van der Waals surface area contributed by atoms with Crippen LogP contribution in [0, 0.1) is 11.6 Å². The van der Waals surface area contributed by atoms with Gasteiger partial charge in [0.2, 0.25) is 0 Å². The number of nitrogens with zero attached hydrogens (tertiary/aromatic N) is 2. The standard InChI is InChI=1S/C16H12F5N3S/c17-13-6-1-10(7-14(13)18)8-24-9-22-15(25-24)23-12-4-2-11(3-5-12)16(19,20)21/h1-7H,8-9H2,(H,22,23). The van der Waals surface area contributed by atoms with Crippen molar-refractivity contribution in [2.45, 2.75) is 12.7 Å². The highest BCUT2D eigenvalue weighted by Crippen LogP contribution is 2.30. The normalized spacial score (nSPS) is 15.3. The van der Waals surface area contributed by atoms with Crippen LogP contribution in [0.15, 0.2) is 47.5 Å². The number of amidine groups is 1. The Labute approximate surface area is 144 Å². The minimum atomic E-state index is -4.38. The molecule has 0 atom stereocenters. The molecule has 0 bridgehead atoms. The van der Waals surface area contributed by atoms with Gasteiger partial charge >= 0.3 is 6.18 Å². The molecule has 9 heteroatoms. The zero-order valence-electron chi connectivity index (χ0n) is 12.6. The monoisotopic (exact) mass is 373 g/mol. The molecule has 1 N–H and O–H groups in total. The molecule has 0 unspecified atom stereocenters. The number of halogens is 5. The molecule has 0 aliphatic carbocycles. The van der Waals surface area contributed by atoms with Gasteiger partial charge in [0.05, 0.1) is 5.56 Å². The first kappa shape index (κ1) is 17.7. The van der Waals surface area contributed by atoms with Crippen LogP contribution in [-0.4, -0.2) is 16.1 Å². The number of aliphatic imine (C=N–C) groups is 1. The van der Waals surface area contributed by atoms with Crippen LogP contribution in [0.1, 0.15) is 11.1 Å². The summed E-state index contributed by atoms with van der Waals surface area (Å²) in [5.41, 5.74) is 0.352. The number of hydrogen-bond donors (Lipinski definition) is 1. The van der Waals surface area contributed by atoms with Crippen molar-refractivity contribution >= 4 is 22.8 Å². The van der Waals surface area contributed by atoms with Gasteiger partial charge in [0.15, 0.2) is 16.8 Å². The Morgan fingerprint density at radius 2 is 1.76 bits per heavy atom. The summed E-state index contributed by atoms with van der Waals surface area (Å²) in [7, 11) is 0. The molecule has 0 saturated heterocycles. The fraction of sp³-hybridized carbons (Fsp3) is 0.188. The quantitative estimate of drug-likeness (QED) is 0.614. The van der Waals surface area contributed by atoms with Crippen LogP contribution in [0.3, 0.4) is 0 Å². The molecule has 0 fully saturated rings. The molecule has 1 aliphatic rings. The summed E-state index contributed by atoms with van der Waals surface area (Å²) in [6.45, 7) is 0.677. The lowest BCUT2D eigenvalue weighted by Crippen LogP contribution is -2.13. The van der Waals surface area contributed by atoms with Crippen molar-refractivity contribution in [2.75, 3.05) is 12.0 Å². The van der Waals surface area contributed by atoms with Crippen LogP contribution in [0.25, 0.3) is 0 Å². The number of hydrogen-bond acceptors (Lipinski definition) is 4. The predicted molar refractivity (Wildman–Crippen MR) is 86.9 cm³/mol. The average Bonchev–Trinajstić information content (AvgIpc) is 2.98. The van der Waals surface area contributed by atoms with Crippen molar-refractivity contribution in [3.05, 3.63) is 65.2 Å². The maximum Gasteiger partial charge on any atom is 0.416 e. The van der Waals surface area contributed by atoms with Crippen LogP contribution in [0.4, 0.5) is 27.6 Å². The molecule has 0 spiro atoms. The first-order valence-electron chi connectivity index (χ1n) is 7.17. The Balaban J connectivity index is 1.56. The van der Waals surface area contributed by atoms with E-state index in [9.17, 15) is 22.0 Å². The molecule has 0 aromatic heterocycles. The zero-order valence-corrected chi connectivity index (χ0v) is 13.5. The Morgan fingerprint density at radius 3 is 2.40 bits per heavy atom. The van der Waals surface area contributed by atoms with E-state index in [1.807, 2.05) is 0 Å². The third kappa shape index (κ3) is 4.49. The number of nitrogens with one attached hydrogen (secondary N) is 1. The van der Waals surface area contributed by atoms with Gasteiger partial charge in [-0.2, -0.15) is 13.2 Å². The fourth-order valence-corrected chi connectivity index (χ4v) is 3.03. The van der Waals surface area contributed by atoms with Gasteiger partial charge in [-0.3, -0.25) is 0 Å². The minimum Gasteiger partial charge on any atom is -0.334 e. The van der Waals surface area contributed by atoms with Crippen LogP contribution in [0.5, 0.6) is 0 Å². The van der Waals surface area contributed by atoms with E-state index in [4.69, 9.17) is 0 Å². The summed E-state index contributed by atoms with van der Waals surface area (Å²) >= 11 is 1.25. The molecule has 0 radical (unpaired) electrons. The molecule has 132 valence electrons. The summed E-state index contributed by atoms with van der Waals surface area (Å²) in [5.74, 6) is -1.82. The Hall–Kier alpha value is -2.13. The predicted octanol–water partition coefficient (Wildman–Crippen LogP) is 4.87. The molecule has 25 heavy (non-hydrogen) atoms. The van der Waals surface area contributed by atoms with Crippen molar-refractivity contribution in [3.63, 3.8) is 0 Å². The van der Waals surface area contributed by atoms with E-state index in [2.05, 4.69) is 10.3 Å². The lowest BCUT2D eigenvalue weighted by molar-refractivity contribution is -0.137. The van der Waals surface area contributed by atoms with E-state index in [1.54, 1.807) is 4.31 Å². The maximum absolute atomic E-state index is 13.2. The van der Waals surface area contributed by atoms with Gasteiger partial charge in [0, 0.05) is 12.2 Å². The third-order valence-electron chi connectivity index (χ3n) is 3.39. The number of rotatable bonds is 3. The van der Waals surface area contributed by atoms with Crippen LogP contribution in [-0.2, 0) is 12.7 Å². The second-order valence-electron chi connectivity index (χ2n) is 5.28. The van der Waals surface area contributed by atoms with Gasteiger partial charge in [-0.1, -0.05) is 6.07 Å². The van der Waals surface area contributed by atoms with Crippen LogP contribution >= 0.6 is 11.9 Å². The Morgan fingerprint density at radius 1 is 1.04 bits per heavy atom. The van der Waals surface area contributed by atoms with Gasteiger partial charge in [0.25, 0.3) is 0 Å². The summed E-state index contributed by atoms with van der Waals surface area (Å²) in [4.78, 5) is 4.22. The second-order valence-corrected chi connectivity index (χ2v) is 6.37. The van der Waals surface area contributed by atoms with Gasteiger partial charge in [-0.25, -0.2) is 18.1 Å². The van der Waals surface area contributed by atoms with Gasteiger partial charge in [0.1, 0.15) is 6.67 Å². The van der Waals surface area contributed by atoms with Crippen molar-refractivity contribution in [1.82, 2.24) is 4.31 Å². The number of alkyl halides is 3. The topological polar surface area (TPSA) is 27.6 Å². The summed E-state index contributed by atoms with van der Waals surface area (Å²) in [6.07, 6.45) is -4.38. The molecule has 0 saturated carbocycles. The molecule has 3 rings (SSSR count). The lowest BCUT2D eigenvalue weighted by Gasteiger charge is -2.13. The largest absolute Gasteiger partial charge is 0.416 e. The van der Waals surface area contributed by atoms with Crippen LogP contribution < -0.4 is 5.32 Å². The Kier molecular flexibility index (Phi) is 4.96. The molecular weight excluding hydrogens is 361 g/mol. The summed E-state index contributed by atoms with van der Waals surface area (Å²) in [6, 6.07) is 8.29. The molecule has 0 amide bonds. The van der Waals surface area contributed by atoms with Crippen molar-refractivity contribution in [3.8, 4) is 0 Å². The third-order valence-corrected chi connectivity index (χ3v) is 4.30. The van der Waals surface area contributed by atoms with Gasteiger partial charge in [-0.15, -0.1) is 0 Å². The number of anilines is 1. The van der Waals surface area contributed by atoms with Crippen molar-refractivity contribution in [2.24, 2.45) is 4.99 Å². The molecule has 2 aromatic rings. The highest BCUT2D eigenvalue weighted by atomic mass is 32.2. The molecule has 1 aliphatic heterocycles. The summed E-state index contributed by atoms with van der Waals surface area (Å²) < 4.78 is 65.5. The SMILES string of the molecule is Fc1ccc(CN2CN=C(Nc3ccc(C(F)(F)F)cc3)S2)cc1F. The van der Waals surface area contributed by atoms with E-state index in [0.717, 1.165) is 24.3 Å². The first-order chi connectivity index (χ1) is 11.8. The van der Waals surface area contributed by atoms with Crippen molar-refractivity contribution < 1.29 is 22.0 Å². The van der Waals surface area contributed by atoms with Gasteiger partial charge in [-0.05, 0) is 53.9 Å². The Bertz CT molecular complexity index is 789. The van der Waals surface area contributed by atoms with E-state index >= 15 is 0 Å². The van der Waals surface area contributed by atoms with E-state index in [1.165, 1.54) is 30.1 Å². The van der Waals surface area contributed by atoms with E-state index < -0.39 is 23.4 Å². The van der Waals surface area contributed by atoms with E-state index in [0.29, 0.717) is 29.6 Å². The molecule has 3 nitrogen and oxygen atoms in total. The minimum absolute atomic E-state index is 0.326. The molecule has 2 aromatic carbocycles. The van der Waals surface area contributed by atoms with Crippen molar-refractivity contribution in [1.29, 1.82) is 0 Å². The van der Waals surface area contributed by atoms with Gasteiger partial charge < -0.3 is 5.32 Å². The highest BCUT2D eigenvalue weighted by molar-refractivity contribution is 8.12. The summed E-state index contributed by atoms with van der Waals surface area (Å²) in [5, 5.41) is 3.44.